The second kappa shape index (κ2) is 10.9. The molecule has 3 aliphatic rings. The maximum atomic E-state index is 15.8. The molecule has 1 amide bonds. The van der Waals surface area contributed by atoms with Gasteiger partial charge < -0.3 is 14.4 Å². The summed E-state index contributed by atoms with van der Waals surface area (Å²) in [7, 11) is 1.36. The Morgan fingerprint density at radius 2 is 1.33 bits per heavy atom. The lowest BCUT2D eigenvalue weighted by atomic mass is 9.49. The molecule has 0 N–H and O–H groups in total. The number of allylic oxidation sites excluding steroid dienone is 2. The molecule has 2 aliphatic heterocycles. The van der Waals surface area contributed by atoms with Crippen LogP contribution in [0.2, 0.25) is 0 Å². The molecule has 0 unspecified atom stereocenters. The van der Waals surface area contributed by atoms with E-state index in [9.17, 15) is 9.59 Å². The molecule has 45 heavy (non-hydrogen) atoms. The smallest absolute Gasteiger partial charge is 0.315 e. The van der Waals surface area contributed by atoms with E-state index in [1.807, 2.05) is 134 Å². The summed E-state index contributed by atoms with van der Waals surface area (Å²) < 4.78 is 11.6. The summed E-state index contributed by atoms with van der Waals surface area (Å²) in [5.41, 5.74) is 1.99. The van der Waals surface area contributed by atoms with Gasteiger partial charge in [-0.2, -0.15) is 0 Å². The Hall–Kier alpha value is -4.97. The third kappa shape index (κ3) is 4.34. The minimum Gasteiger partial charge on any atom is -0.469 e. The van der Waals surface area contributed by atoms with Gasteiger partial charge in [-0.25, -0.2) is 0 Å². The number of methoxy groups -OCH3 is 1. The molecule has 4 aromatic rings. The summed E-state index contributed by atoms with van der Waals surface area (Å²) in [6.45, 7) is 4.16. The average Bonchev–Trinajstić information content (AvgIpc) is 3.18. The zero-order chi connectivity index (χ0) is 31.3. The normalized spacial score (nSPS) is 24.3. The number of piperidine rings is 1. The Bertz CT molecular complexity index is 1760. The second-order valence-electron chi connectivity index (χ2n) is 12.8. The van der Waals surface area contributed by atoms with Crippen LogP contribution < -0.4 is 4.74 Å². The predicted octanol–water partition coefficient (Wildman–Crippen LogP) is 6.66. The van der Waals surface area contributed by atoms with Crippen molar-refractivity contribution in [3.63, 3.8) is 0 Å². The molecule has 1 saturated heterocycles. The standard InChI is InChI=1S/C39H35NO5/c1-38(2)23-29-31-32(34(38)36(42)44-3)35(41)45-30-22-14-13-21-28(30)33(31)39(26-17-9-5-10-18-26,27-19-11-6-12-20-27)37(43)40(29)24-25-15-7-4-8-16-25/h4-23,31-34H,24H2,1-3H3/t31-,32+,33+,34+/m0/s1. The molecule has 7 rings (SSSR count). The van der Waals surface area contributed by atoms with Crippen LogP contribution in [0.25, 0.3) is 0 Å². The Morgan fingerprint density at radius 3 is 1.93 bits per heavy atom. The maximum absolute atomic E-state index is 15.8. The van der Waals surface area contributed by atoms with Gasteiger partial charge in [0.1, 0.15) is 11.2 Å². The van der Waals surface area contributed by atoms with E-state index in [0.717, 1.165) is 28.0 Å². The molecule has 0 radical (unpaired) electrons. The van der Waals surface area contributed by atoms with Crippen LogP contribution in [0.15, 0.2) is 127 Å². The van der Waals surface area contributed by atoms with Crippen molar-refractivity contribution in [2.24, 2.45) is 23.2 Å². The number of carbonyl (C=O) groups is 3. The summed E-state index contributed by atoms with van der Waals surface area (Å²) in [6, 6.07) is 37.0. The fourth-order valence-electron chi connectivity index (χ4n) is 8.19. The molecular weight excluding hydrogens is 562 g/mol. The summed E-state index contributed by atoms with van der Waals surface area (Å²) in [4.78, 5) is 45.7. The van der Waals surface area contributed by atoms with E-state index >= 15 is 4.79 Å². The molecule has 1 fully saturated rings. The van der Waals surface area contributed by atoms with E-state index in [1.165, 1.54) is 7.11 Å². The number of fused-ring (bicyclic) bond motifs is 2. The molecule has 2 heterocycles. The molecule has 0 bridgehead atoms. The molecule has 1 aliphatic carbocycles. The van der Waals surface area contributed by atoms with E-state index in [1.54, 1.807) is 6.07 Å². The summed E-state index contributed by atoms with van der Waals surface area (Å²) >= 11 is 0. The number of esters is 2. The van der Waals surface area contributed by atoms with Gasteiger partial charge in [-0.15, -0.1) is 0 Å². The van der Waals surface area contributed by atoms with E-state index in [-0.39, 0.29) is 5.91 Å². The number of rotatable bonds is 5. The fourth-order valence-corrected chi connectivity index (χ4v) is 8.19. The number of ether oxygens (including phenoxy) is 2. The molecule has 226 valence electrons. The Kier molecular flexibility index (Phi) is 6.96. The molecule has 0 spiro atoms. The van der Waals surface area contributed by atoms with Crippen LogP contribution in [-0.4, -0.2) is 29.9 Å². The van der Waals surface area contributed by atoms with Crippen LogP contribution in [0.5, 0.6) is 5.75 Å². The van der Waals surface area contributed by atoms with E-state index in [0.29, 0.717) is 12.3 Å². The molecule has 4 atom stereocenters. The number of likely N-dealkylation sites (tertiary alicyclic amines) is 1. The zero-order valence-electron chi connectivity index (χ0n) is 25.6. The monoisotopic (exact) mass is 597 g/mol. The Balaban J connectivity index is 1.63. The van der Waals surface area contributed by atoms with Crippen LogP contribution in [0, 0.1) is 23.2 Å². The van der Waals surface area contributed by atoms with Crippen molar-refractivity contribution in [2.45, 2.75) is 31.7 Å². The number of para-hydroxylation sites is 1. The van der Waals surface area contributed by atoms with Gasteiger partial charge in [-0.1, -0.05) is 129 Å². The van der Waals surface area contributed by atoms with Crippen molar-refractivity contribution in [1.82, 2.24) is 4.90 Å². The van der Waals surface area contributed by atoms with E-state index < -0.39 is 46.4 Å². The highest BCUT2D eigenvalue weighted by atomic mass is 16.5. The molecule has 6 nitrogen and oxygen atoms in total. The van der Waals surface area contributed by atoms with Crippen molar-refractivity contribution < 1.29 is 23.9 Å². The first-order chi connectivity index (χ1) is 21.8. The van der Waals surface area contributed by atoms with Crippen molar-refractivity contribution in [1.29, 1.82) is 0 Å². The van der Waals surface area contributed by atoms with Crippen LogP contribution in [0.1, 0.15) is 42.0 Å². The lowest BCUT2D eigenvalue weighted by molar-refractivity contribution is -0.164. The summed E-state index contributed by atoms with van der Waals surface area (Å²) in [5, 5.41) is 0. The molecule has 0 aromatic heterocycles. The van der Waals surface area contributed by atoms with Crippen molar-refractivity contribution >= 4 is 17.8 Å². The number of amides is 1. The van der Waals surface area contributed by atoms with Crippen molar-refractivity contribution in [3.05, 3.63) is 149 Å². The van der Waals surface area contributed by atoms with Crippen LogP contribution in [-0.2, 0) is 31.1 Å². The lowest BCUT2D eigenvalue weighted by Crippen LogP contribution is -2.62. The van der Waals surface area contributed by atoms with E-state index in [4.69, 9.17) is 9.47 Å². The highest BCUT2D eigenvalue weighted by molar-refractivity contribution is 5.98. The number of hydrogen-bond donors (Lipinski definition) is 0. The number of hydrogen-bond acceptors (Lipinski definition) is 5. The minimum atomic E-state index is -1.26. The first-order valence-corrected chi connectivity index (χ1v) is 15.4. The summed E-state index contributed by atoms with van der Waals surface area (Å²) in [5.74, 6) is -3.56. The predicted molar refractivity (Wildman–Crippen MR) is 170 cm³/mol. The van der Waals surface area contributed by atoms with E-state index in [2.05, 4.69) is 0 Å². The van der Waals surface area contributed by atoms with Crippen molar-refractivity contribution in [3.8, 4) is 5.75 Å². The van der Waals surface area contributed by atoms with Gasteiger partial charge in [0.05, 0.1) is 25.5 Å². The highest BCUT2D eigenvalue weighted by Gasteiger charge is 2.67. The summed E-state index contributed by atoms with van der Waals surface area (Å²) in [6.07, 6.45) is 2.03. The molecule has 6 heteroatoms. The topological polar surface area (TPSA) is 72.9 Å². The second-order valence-corrected chi connectivity index (χ2v) is 12.8. The number of nitrogens with zero attached hydrogens (tertiary/aromatic N) is 1. The third-order valence-corrected chi connectivity index (χ3v) is 9.96. The van der Waals surface area contributed by atoms with Gasteiger partial charge in [0.25, 0.3) is 0 Å². The first kappa shape index (κ1) is 28.8. The third-order valence-electron chi connectivity index (χ3n) is 9.96. The van der Waals surface area contributed by atoms with Crippen LogP contribution >= 0.6 is 0 Å². The zero-order valence-corrected chi connectivity index (χ0v) is 25.6. The van der Waals surface area contributed by atoms with Gasteiger partial charge in [0.2, 0.25) is 5.91 Å². The largest absolute Gasteiger partial charge is 0.469 e. The van der Waals surface area contributed by atoms with Gasteiger partial charge in [0.15, 0.2) is 0 Å². The Morgan fingerprint density at radius 1 is 0.778 bits per heavy atom. The molecule has 0 saturated carbocycles. The Labute approximate surface area is 263 Å². The lowest BCUT2D eigenvalue weighted by Gasteiger charge is -2.57. The average molecular weight is 598 g/mol. The SMILES string of the molecule is COC(=O)[C@H]1[C@@H]2C(=O)Oc3ccccc3[C@@H]3[C@H]2C(=CC1(C)C)N(Cc1ccccc1)C(=O)C3(c1ccccc1)c1ccccc1. The van der Waals surface area contributed by atoms with Crippen molar-refractivity contribution in [2.75, 3.05) is 7.11 Å². The number of benzene rings is 4. The molecular formula is C39H35NO5. The van der Waals surface area contributed by atoms with Crippen LogP contribution in [0.4, 0.5) is 0 Å². The van der Waals surface area contributed by atoms with Gasteiger partial charge in [-0.05, 0) is 28.2 Å². The first-order valence-electron chi connectivity index (χ1n) is 15.4. The van der Waals surface area contributed by atoms with Gasteiger partial charge in [0, 0.05) is 23.1 Å². The molecule has 4 aromatic carbocycles. The number of carbonyl (C=O) groups excluding carboxylic acids is 3. The fraction of sp³-hybridized carbons (Fsp3) is 0.256. The van der Waals surface area contributed by atoms with Crippen LogP contribution in [0.3, 0.4) is 0 Å². The highest BCUT2D eigenvalue weighted by Crippen LogP contribution is 2.64. The maximum Gasteiger partial charge on any atom is 0.315 e. The quantitative estimate of drug-likeness (QED) is 0.190. The minimum absolute atomic E-state index is 0.0912. The van der Waals surface area contributed by atoms with Gasteiger partial charge in [-0.3, -0.25) is 14.4 Å². The van der Waals surface area contributed by atoms with Gasteiger partial charge >= 0.3 is 11.9 Å².